The molecule has 0 bridgehead atoms. The second-order valence-corrected chi connectivity index (χ2v) is 2.68. The van der Waals surface area contributed by atoms with Crippen LogP contribution in [-0.2, 0) is 33.4 Å². The van der Waals surface area contributed by atoms with Crippen LogP contribution < -0.4 is 5.90 Å². The van der Waals surface area contributed by atoms with Crippen LogP contribution in [0.5, 0.6) is 0 Å². The van der Waals surface area contributed by atoms with Crippen molar-refractivity contribution in [2.75, 3.05) is 7.11 Å². The molecule has 2 atom stereocenters. The van der Waals surface area contributed by atoms with Gasteiger partial charge in [-0.25, -0.2) is 4.79 Å². The van der Waals surface area contributed by atoms with E-state index in [1.54, 1.807) is 0 Å². The Bertz CT molecular complexity index is 278. The number of ether oxygens (including phenoxy) is 3. The summed E-state index contributed by atoms with van der Waals surface area (Å²) in [7, 11) is 1.16. The van der Waals surface area contributed by atoms with E-state index in [0.29, 0.717) is 0 Å². The zero-order valence-electron chi connectivity index (χ0n) is 9.09. The first-order chi connectivity index (χ1) is 7.42. The standard InChI is InChI=1S/C8H13NO7/c1-4(10)14-6(7(12)16-9)8(13-3)15-5(2)11/h6,8H,9H2,1-3H3. The monoisotopic (exact) mass is 235 g/mol. The molecule has 0 spiro atoms. The minimum atomic E-state index is -1.56. The van der Waals surface area contributed by atoms with Crippen molar-refractivity contribution in [2.45, 2.75) is 26.2 Å². The molecule has 0 aromatic heterocycles. The van der Waals surface area contributed by atoms with E-state index in [1.807, 2.05) is 0 Å². The number of esters is 2. The molecular weight excluding hydrogens is 222 g/mol. The molecule has 0 saturated carbocycles. The van der Waals surface area contributed by atoms with E-state index in [9.17, 15) is 14.4 Å². The molecule has 0 aromatic carbocycles. The number of nitrogens with two attached hydrogens (primary N) is 1. The average molecular weight is 235 g/mol. The molecule has 2 unspecified atom stereocenters. The van der Waals surface area contributed by atoms with Gasteiger partial charge in [0, 0.05) is 21.0 Å². The summed E-state index contributed by atoms with van der Waals surface area (Å²) >= 11 is 0. The Morgan fingerprint density at radius 2 is 1.56 bits per heavy atom. The van der Waals surface area contributed by atoms with Crippen molar-refractivity contribution >= 4 is 17.9 Å². The second kappa shape index (κ2) is 6.75. The van der Waals surface area contributed by atoms with Crippen molar-refractivity contribution < 1.29 is 33.4 Å². The normalized spacial score (nSPS) is 13.5. The molecule has 0 aliphatic carbocycles. The van der Waals surface area contributed by atoms with Crippen LogP contribution in [0.2, 0.25) is 0 Å². The van der Waals surface area contributed by atoms with Gasteiger partial charge < -0.3 is 19.0 Å². The van der Waals surface area contributed by atoms with Crippen LogP contribution in [0.4, 0.5) is 0 Å². The fraction of sp³-hybridized carbons (Fsp3) is 0.625. The van der Waals surface area contributed by atoms with Gasteiger partial charge in [-0.05, 0) is 0 Å². The highest BCUT2D eigenvalue weighted by Gasteiger charge is 2.35. The zero-order valence-corrected chi connectivity index (χ0v) is 9.09. The topological polar surface area (TPSA) is 114 Å². The molecule has 2 N–H and O–H groups in total. The van der Waals surface area contributed by atoms with Crippen molar-refractivity contribution in [3.8, 4) is 0 Å². The quantitative estimate of drug-likeness (QED) is 0.361. The Morgan fingerprint density at radius 1 is 1.06 bits per heavy atom. The smallest absolute Gasteiger partial charge is 0.372 e. The Hall–Kier alpha value is -1.67. The molecule has 0 radical (unpaired) electrons. The van der Waals surface area contributed by atoms with Gasteiger partial charge in [-0.3, -0.25) is 9.59 Å². The first-order valence-corrected chi connectivity index (χ1v) is 4.20. The van der Waals surface area contributed by atoms with E-state index in [2.05, 4.69) is 24.9 Å². The number of carbonyl (C=O) groups is 3. The maximum atomic E-state index is 11.1. The largest absolute Gasteiger partial charge is 0.444 e. The van der Waals surface area contributed by atoms with E-state index in [0.717, 1.165) is 21.0 Å². The maximum Gasteiger partial charge on any atom is 0.372 e. The SMILES string of the molecule is COC(OC(C)=O)C(OC(C)=O)C(=O)ON. The lowest BCUT2D eigenvalue weighted by atomic mass is 10.3. The third kappa shape index (κ3) is 4.71. The number of hydrogen-bond acceptors (Lipinski definition) is 8. The molecule has 0 aliphatic rings. The van der Waals surface area contributed by atoms with Crippen molar-refractivity contribution in [3.05, 3.63) is 0 Å². The molecule has 0 aromatic rings. The van der Waals surface area contributed by atoms with Crippen LogP contribution in [-0.4, -0.2) is 37.4 Å². The number of rotatable bonds is 5. The molecular formula is C8H13NO7. The predicted molar refractivity (Wildman–Crippen MR) is 48.4 cm³/mol. The molecule has 0 amide bonds. The maximum absolute atomic E-state index is 11.1. The van der Waals surface area contributed by atoms with Gasteiger partial charge in [-0.2, -0.15) is 5.90 Å². The van der Waals surface area contributed by atoms with E-state index >= 15 is 0 Å². The lowest BCUT2D eigenvalue weighted by Gasteiger charge is -2.22. The summed E-state index contributed by atoms with van der Waals surface area (Å²) in [6.07, 6.45) is -2.96. The molecule has 92 valence electrons. The fourth-order valence-corrected chi connectivity index (χ4v) is 0.858. The molecule has 0 heterocycles. The van der Waals surface area contributed by atoms with Crippen LogP contribution in [0, 0.1) is 0 Å². The van der Waals surface area contributed by atoms with Gasteiger partial charge in [0.1, 0.15) is 0 Å². The summed E-state index contributed by atoms with van der Waals surface area (Å²) in [6.45, 7) is 2.17. The molecule has 0 fully saturated rings. The van der Waals surface area contributed by atoms with Crippen molar-refractivity contribution in [2.24, 2.45) is 5.90 Å². The number of methoxy groups -OCH3 is 1. The summed E-state index contributed by atoms with van der Waals surface area (Å²) in [4.78, 5) is 36.4. The molecule has 8 nitrogen and oxygen atoms in total. The van der Waals surface area contributed by atoms with Gasteiger partial charge in [-0.1, -0.05) is 0 Å². The lowest BCUT2D eigenvalue weighted by molar-refractivity contribution is -0.212. The van der Waals surface area contributed by atoms with Gasteiger partial charge in [0.15, 0.2) is 0 Å². The van der Waals surface area contributed by atoms with Crippen LogP contribution >= 0.6 is 0 Å². The summed E-state index contributed by atoms with van der Waals surface area (Å²) in [5.41, 5.74) is 0. The second-order valence-electron chi connectivity index (χ2n) is 2.68. The predicted octanol–water partition coefficient (Wildman–Crippen LogP) is -1.13. The van der Waals surface area contributed by atoms with E-state index in [1.165, 1.54) is 0 Å². The number of hydrogen-bond donors (Lipinski definition) is 1. The Kier molecular flexibility index (Phi) is 6.04. The van der Waals surface area contributed by atoms with E-state index < -0.39 is 30.3 Å². The number of carbonyl (C=O) groups excluding carboxylic acids is 3. The van der Waals surface area contributed by atoms with Crippen LogP contribution in [0.15, 0.2) is 0 Å². The summed E-state index contributed by atoms with van der Waals surface area (Å²) in [6, 6.07) is 0. The molecule has 0 aliphatic heterocycles. The third-order valence-corrected chi connectivity index (χ3v) is 1.40. The Morgan fingerprint density at radius 3 is 1.88 bits per heavy atom. The van der Waals surface area contributed by atoms with Gasteiger partial charge >= 0.3 is 17.9 Å². The minimum absolute atomic E-state index is 0.714. The lowest BCUT2D eigenvalue weighted by Crippen LogP contribution is -2.43. The average Bonchev–Trinajstić information content (AvgIpc) is 2.21. The Balaban J connectivity index is 4.74. The van der Waals surface area contributed by atoms with Gasteiger partial charge in [0.2, 0.25) is 0 Å². The van der Waals surface area contributed by atoms with Gasteiger partial charge in [0.05, 0.1) is 0 Å². The van der Waals surface area contributed by atoms with E-state index in [-0.39, 0.29) is 0 Å². The fourth-order valence-electron chi connectivity index (χ4n) is 0.858. The van der Waals surface area contributed by atoms with Crippen molar-refractivity contribution in [3.63, 3.8) is 0 Å². The first kappa shape index (κ1) is 14.3. The van der Waals surface area contributed by atoms with Crippen molar-refractivity contribution in [1.82, 2.24) is 0 Å². The molecule has 8 heteroatoms. The Labute approximate surface area is 91.5 Å². The summed E-state index contributed by atoms with van der Waals surface area (Å²) in [5, 5.41) is 0. The van der Waals surface area contributed by atoms with Gasteiger partial charge in [0.25, 0.3) is 12.4 Å². The van der Waals surface area contributed by atoms with Crippen molar-refractivity contribution in [1.29, 1.82) is 0 Å². The van der Waals surface area contributed by atoms with E-state index in [4.69, 9.17) is 0 Å². The van der Waals surface area contributed by atoms with Crippen LogP contribution in [0.3, 0.4) is 0 Å². The summed E-state index contributed by atoms with van der Waals surface area (Å²) in [5.74, 6) is 2.05. The zero-order chi connectivity index (χ0) is 12.7. The summed E-state index contributed by atoms with van der Waals surface area (Å²) < 4.78 is 13.8. The highest BCUT2D eigenvalue weighted by Crippen LogP contribution is 2.08. The molecule has 0 rings (SSSR count). The third-order valence-electron chi connectivity index (χ3n) is 1.40. The van der Waals surface area contributed by atoms with Crippen LogP contribution in [0.1, 0.15) is 13.8 Å². The minimum Gasteiger partial charge on any atom is -0.444 e. The molecule has 0 saturated heterocycles. The molecule has 16 heavy (non-hydrogen) atoms. The van der Waals surface area contributed by atoms with Gasteiger partial charge in [-0.15, -0.1) is 0 Å². The van der Waals surface area contributed by atoms with Crippen LogP contribution in [0.25, 0.3) is 0 Å². The highest BCUT2D eigenvalue weighted by atomic mass is 16.7. The highest BCUT2D eigenvalue weighted by molar-refractivity contribution is 5.79. The first-order valence-electron chi connectivity index (χ1n) is 4.20.